The van der Waals surface area contributed by atoms with Crippen LogP contribution in [0.3, 0.4) is 0 Å². The SMILES string of the molecule is CC(C)(C)c1cc(NC(=O)Nc2ccc(Oc3ccnc(NS(C)(=O)=O)c3)cc2F)n(-c2ccc3ocnc3c2)n1. The number of ether oxygens (including phenoxy) is 1. The minimum absolute atomic E-state index is 0.0511. The molecule has 0 saturated heterocycles. The number of pyridine rings is 1. The molecular formula is C27H26FN7O5S. The maximum absolute atomic E-state index is 14.9. The third-order valence-corrected chi connectivity index (χ3v) is 6.30. The molecule has 0 spiro atoms. The molecule has 2 aromatic carbocycles. The Morgan fingerprint density at radius 3 is 2.51 bits per heavy atom. The van der Waals surface area contributed by atoms with Gasteiger partial charge in [0, 0.05) is 29.8 Å². The van der Waals surface area contributed by atoms with E-state index in [2.05, 4.69) is 30.4 Å². The molecule has 5 rings (SSSR count). The number of carbonyl (C=O) groups excluding carboxylic acids is 1. The summed E-state index contributed by atoms with van der Waals surface area (Å²) in [4.78, 5) is 21.0. The molecule has 0 aliphatic heterocycles. The van der Waals surface area contributed by atoms with Crippen LogP contribution in [0.5, 0.6) is 11.5 Å². The van der Waals surface area contributed by atoms with Crippen LogP contribution in [0.25, 0.3) is 16.8 Å². The lowest BCUT2D eigenvalue weighted by Crippen LogP contribution is -2.22. The van der Waals surface area contributed by atoms with Crippen molar-refractivity contribution < 1.29 is 26.8 Å². The van der Waals surface area contributed by atoms with Crippen LogP contribution in [-0.4, -0.2) is 40.5 Å². The fourth-order valence-electron chi connectivity index (χ4n) is 3.80. The van der Waals surface area contributed by atoms with Gasteiger partial charge in [-0.1, -0.05) is 20.8 Å². The van der Waals surface area contributed by atoms with Crippen LogP contribution in [0, 0.1) is 5.82 Å². The van der Waals surface area contributed by atoms with Crippen LogP contribution in [0.1, 0.15) is 26.5 Å². The van der Waals surface area contributed by atoms with E-state index < -0.39 is 21.9 Å². The zero-order valence-corrected chi connectivity index (χ0v) is 23.3. The number of sulfonamides is 1. The van der Waals surface area contributed by atoms with Crippen LogP contribution in [0.2, 0.25) is 0 Å². The Kier molecular flexibility index (Phi) is 7.09. The molecule has 0 atom stereocenters. The summed E-state index contributed by atoms with van der Waals surface area (Å²) in [6.45, 7) is 6.00. The highest BCUT2D eigenvalue weighted by Crippen LogP contribution is 2.29. The molecular weight excluding hydrogens is 553 g/mol. The van der Waals surface area contributed by atoms with Crippen molar-refractivity contribution in [2.75, 3.05) is 21.6 Å². The molecule has 14 heteroatoms. The number of hydrogen-bond donors (Lipinski definition) is 3. The predicted octanol–water partition coefficient (Wildman–Crippen LogP) is 5.65. The maximum atomic E-state index is 14.9. The van der Waals surface area contributed by atoms with Gasteiger partial charge in [0.1, 0.15) is 34.5 Å². The summed E-state index contributed by atoms with van der Waals surface area (Å²) in [7, 11) is -3.53. The lowest BCUT2D eigenvalue weighted by molar-refractivity contribution is 0.262. The highest BCUT2D eigenvalue weighted by molar-refractivity contribution is 7.92. The molecule has 3 heterocycles. The number of oxazole rings is 1. The second-order valence-corrected chi connectivity index (χ2v) is 11.9. The molecule has 212 valence electrons. The molecule has 0 aliphatic carbocycles. The number of benzene rings is 2. The molecule has 3 aromatic heterocycles. The average Bonchev–Trinajstić information content (AvgIpc) is 3.51. The van der Waals surface area contributed by atoms with Crippen molar-refractivity contribution >= 4 is 44.5 Å². The van der Waals surface area contributed by atoms with Crippen molar-refractivity contribution in [2.45, 2.75) is 26.2 Å². The molecule has 0 aliphatic rings. The van der Waals surface area contributed by atoms with E-state index in [-0.39, 0.29) is 28.4 Å². The second kappa shape index (κ2) is 10.5. The molecule has 3 N–H and O–H groups in total. The van der Waals surface area contributed by atoms with E-state index in [0.29, 0.717) is 22.6 Å². The van der Waals surface area contributed by atoms with E-state index in [1.54, 1.807) is 28.9 Å². The minimum atomic E-state index is -3.53. The van der Waals surface area contributed by atoms with Gasteiger partial charge in [-0.05, 0) is 36.4 Å². The first kappa shape index (κ1) is 27.6. The van der Waals surface area contributed by atoms with Crippen molar-refractivity contribution in [1.29, 1.82) is 0 Å². The van der Waals surface area contributed by atoms with Gasteiger partial charge in [0.25, 0.3) is 0 Å². The van der Waals surface area contributed by atoms with Gasteiger partial charge in [-0.25, -0.2) is 32.3 Å². The monoisotopic (exact) mass is 579 g/mol. The average molecular weight is 580 g/mol. The van der Waals surface area contributed by atoms with Gasteiger partial charge < -0.3 is 14.5 Å². The van der Waals surface area contributed by atoms with Gasteiger partial charge in [0.15, 0.2) is 12.0 Å². The van der Waals surface area contributed by atoms with Crippen LogP contribution in [0.15, 0.2) is 71.6 Å². The van der Waals surface area contributed by atoms with Crippen LogP contribution in [0.4, 0.5) is 26.5 Å². The smallest absolute Gasteiger partial charge is 0.324 e. The number of aromatic nitrogens is 4. The summed E-state index contributed by atoms with van der Waals surface area (Å²) >= 11 is 0. The number of carbonyl (C=O) groups is 1. The Bertz CT molecular complexity index is 1860. The number of anilines is 3. The van der Waals surface area contributed by atoms with E-state index in [1.807, 2.05) is 20.8 Å². The number of nitrogens with one attached hydrogen (secondary N) is 3. The zero-order valence-electron chi connectivity index (χ0n) is 22.5. The number of rotatable bonds is 7. The summed E-state index contributed by atoms with van der Waals surface area (Å²) in [5.74, 6) is 0.0282. The summed E-state index contributed by atoms with van der Waals surface area (Å²) in [6, 6.07) is 13.1. The molecule has 0 saturated carbocycles. The van der Waals surface area contributed by atoms with Crippen molar-refractivity contribution in [3.8, 4) is 17.2 Å². The Labute approximate surface area is 234 Å². The maximum Gasteiger partial charge on any atom is 0.324 e. The van der Waals surface area contributed by atoms with E-state index in [0.717, 1.165) is 18.0 Å². The van der Waals surface area contributed by atoms with Gasteiger partial charge in [0.05, 0.1) is 23.3 Å². The standard InChI is InChI=1S/C27H26FN7O5S/c1-27(2,3)23-14-25(35(33-23)16-5-8-22-21(11-16)30-15-39-22)32-26(36)31-20-7-6-17(12-19(20)28)40-18-9-10-29-24(13-18)34-41(4,37)38/h5-15H,1-4H3,(H,29,34)(H2,31,32,36). The first-order chi connectivity index (χ1) is 19.3. The van der Waals surface area contributed by atoms with E-state index in [1.165, 1.54) is 36.9 Å². The Morgan fingerprint density at radius 1 is 1.00 bits per heavy atom. The lowest BCUT2D eigenvalue weighted by Gasteiger charge is -2.14. The first-order valence-corrected chi connectivity index (χ1v) is 14.2. The van der Waals surface area contributed by atoms with Crippen molar-refractivity contribution in [3.63, 3.8) is 0 Å². The third kappa shape index (κ3) is 6.61. The van der Waals surface area contributed by atoms with E-state index in [4.69, 9.17) is 9.15 Å². The van der Waals surface area contributed by atoms with Crippen molar-refractivity contribution in [3.05, 3.63) is 78.7 Å². The highest BCUT2D eigenvalue weighted by Gasteiger charge is 2.22. The van der Waals surface area contributed by atoms with E-state index in [9.17, 15) is 17.6 Å². The van der Waals surface area contributed by atoms with Gasteiger partial charge in [-0.3, -0.25) is 10.0 Å². The number of nitrogens with zero attached hydrogens (tertiary/aromatic N) is 4. The summed E-state index contributed by atoms with van der Waals surface area (Å²) < 4.78 is 52.5. The van der Waals surface area contributed by atoms with E-state index >= 15 is 0 Å². The highest BCUT2D eigenvalue weighted by atomic mass is 32.2. The lowest BCUT2D eigenvalue weighted by atomic mass is 9.92. The van der Waals surface area contributed by atoms with Crippen molar-refractivity contribution in [2.24, 2.45) is 0 Å². The van der Waals surface area contributed by atoms with Crippen molar-refractivity contribution in [1.82, 2.24) is 19.7 Å². The molecule has 0 radical (unpaired) electrons. The molecule has 12 nitrogen and oxygen atoms in total. The molecule has 0 fully saturated rings. The summed E-state index contributed by atoms with van der Waals surface area (Å²) in [5, 5.41) is 9.93. The Morgan fingerprint density at radius 2 is 1.78 bits per heavy atom. The fraction of sp³-hybridized carbons (Fsp3) is 0.185. The number of urea groups is 1. The van der Waals surface area contributed by atoms with Crippen LogP contribution >= 0.6 is 0 Å². The quantitative estimate of drug-likeness (QED) is 0.223. The molecule has 5 aromatic rings. The number of fused-ring (bicyclic) bond motifs is 1. The van der Waals surface area contributed by atoms with Crippen LogP contribution in [-0.2, 0) is 15.4 Å². The van der Waals surface area contributed by atoms with Gasteiger partial charge >= 0.3 is 6.03 Å². The number of hydrogen-bond acceptors (Lipinski definition) is 8. The topological polar surface area (TPSA) is 153 Å². The predicted molar refractivity (Wildman–Crippen MR) is 152 cm³/mol. The fourth-order valence-corrected chi connectivity index (χ4v) is 4.29. The van der Waals surface area contributed by atoms with Crippen LogP contribution < -0.4 is 20.1 Å². The molecule has 0 unspecified atom stereocenters. The zero-order chi connectivity index (χ0) is 29.4. The first-order valence-electron chi connectivity index (χ1n) is 12.3. The molecule has 41 heavy (non-hydrogen) atoms. The third-order valence-electron chi connectivity index (χ3n) is 5.72. The Balaban J connectivity index is 1.32. The normalized spacial score (nSPS) is 11.8. The Hall–Kier alpha value is -4.98. The second-order valence-electron chi connectivity index (χ2n) is 10.2. The largest absolute Gasteiger partial charge is 0.457 e. The summed E-state index contributed by atoms with van der Waals surface area (Å²) in [5.41, 5.74) is 2.22. The minimum Gasteiger partial charge on any atom is -0.457 e. The summed E-state index contributed by atoms with van der Waals surface area (Å²) in [6.07, 6.45) is 3.69. The molecule has 0 bridgehead atoms. The molecule has 2 amide bonds. The number of amides is 2. The number of halogens is 1. The van der Waals surface area contributed by atoms with Gasteiger partial charge in [0.2, 0.25) is 10.0 Å². The van der Waals surface area contributed by atoms with Gasteiger partial charge in [-0.15, -0.1) is 0 Å². The van der Waals surface area contributed by atoms with Gasteiger partial charge in [-0.2, -0.15) is 5.10 Å².